The van der Waals surface area contributed by atoms with Crippen molar-refractivity contribution < 1.29 is 18.0 Å². The molecule has 1 fully saturated rings. The topological polar surface area (TPSA) is 74.8 Å². The van der Waals surface area contributed by atoms with Crippen molar-refractivity contribution in [2.75, 3.05) is 26.2 Å². The second-order valence-electron chi connectivity index (χ2n) is 6.14. The van der Waals surface area contributed by atoms with Crippen LogP contribution in [0, 0.1) is 0 Å². The van der Waals surface area contributed by atoms with Crippen LogP contribution in [0.5, 0.6) is 0 Å². The van der Waals surface area contributed by atoms with Gasteiger partial charge < -0.3 is 9.80 Å². The molecule has 2 amide bonds. The van der Waals surface area contributed by atoms with Gasteiger partial charge in [-0.25, -0.2) is 8.42 Å². The maximum atomic E-state index is 12.5. The first-order chi connectivity index (χ1) is 11.3. The van der Waals surface area contributed by atoms with Gasteiger partial charge in [0, 0.05) is 38.2 Å². The number of amides is 2. The van der Waals surface area contributed by atoms with Crippen LogP contribution in [0.4, 0.5) is 0 Å². The molecule has 1 aromatic rings. The van der Waals surface area contributed by atoms with E-state index >= 15 is 0 Å². The molecule has 2 rings (SSSR count). The molecule has 0 N–H and O–H groups in total. The van der Waals surface area contributed by atoms with Crippen molar-refractivity contribution in [3.8, 4) is 0 Å². The van der Waals surface area contributed by atoms with E-state index in [9.17, 15) is 18.0 Å². The molecule has 1 saturated heterocycles. The van der Waals surface area contributed by atoms with E-state index in [0.29, 0.717) is 38.2 Å². The minimum absolute atomic E-state index is 0.102. The summed E-state index contributed by atoms with van der Waals surface area (Å²) in [7, 11) is -3.33. The molecule has 1 aliphatic rings. The fraction of sp³-hybridized carbons (Fsp3) is 0.529. The van der Waals surface area contributed by atoms with Crippen molar-refractivity contribution in [1.29, 1.82) is 0 Å². The van der Waals surface area contributed by atoms with Crippen LogP contribution in [0.3, 0.4) is 0 Å². The number of hydrogen-bond donors (Lipinski definition) is 0. The molecule has 7 heteroatoms. The van der Waals surface area contributed by atoms with Gasteiger partial charge in [-0.1, -0.05) is 6.92 Å². The summed E-state index contributed by atoms with van der Waals surface area (Å²) in [6.07, 6.45) is 0.472. The van der Waals surface area contributed by atoms with Gasteiger partial charge in [-0.15, -0.1) is 0 Å². The molecule has 0 aliphatic carbocycles. The molecule has 0 aromatic heterocycles. The highest BCUT2D eigenvalue weighted by Crippen LogP contribution is 2.18. The van der Waals surface area contributed by atoms with E-state index < -0.39 is 15.1 Å². The van der Waals surface area contributed by atoms with Crippen LogP contribution in [-0.4, -0.2) is 61.5 Å². The van der Waals surface area contributed by atoms with Gasteiger partial charge in [-0.3, -0.25) is 9.59 Å². The van der Waals surface area contributed by atoms with E-state index in [4.69, 9.17) is 0 Å². The third kappa shape index (κ3) is 3.77. The summed E-state index contributed by atoms with van der Waals surface area (Å²) in [5.41, 5.74) is 0.466. The first-order valence-corrected chi connectivity index (χ1v) is 9.73. The molecule has 0 bridgehead atoms. The Morgan fingerprint density at radius 1 is 1.00 bits per heavy atom. The fourth-order valence-corrected chi connectivity index (χ4v) is 3.68. The SMILES string of the molecule is CCC(=O)N1CCN(C(=O)c2ccc(S(=O)(=O)C(C)C)cc2)CC1. The van der Waals surface area contributed by atoms with Crippen molar-refractivity contribution in [1.82, 2.24) is 9.80 Å². The van der Waals surface area contributed by atoms with Gasteiger partial charge in [0.15, 0.2) is 9.84 Å². The fourth-order valence-electron chi connectivity index (χ4n) is 2.62. The Kier molecular flexibility index (Phi) is 5.64. The van der Waals surface area contributed by atoms with Gasteiger partial charge >= 0.3 is 0 Å². The summed E-state index contributed by atoms with van der Waals surface area (Å²) in [5.74, 6) is -0.0302. The van der Waals surface area contributed by atoms with Gasteiger partial charge in [0.2, 0.25) is 5.91 Å². The third-order valence-electron chi connectivity index (χ3n) is 4.27. The molecule has 0 radical (unpaired) electrons. The lowest BCUT2D eigenvalue weighted by molar-refractivity contribution is -0.132. The maximum absolute atomic E-state index is 12.5. The summed E-state index contributed by atoms with van der Waals surface area (Å²) in [4.78, 5) is 27.9. The van der Waals surface area contributed by atoms with Gasteiger partial charge in [0.1, 0.15) is 0 Å². The molecule has 1 aromatic carbocycles. The lowest BCUT2D eigenvalue weighted by atomic mass is 10.2. The summed E-state index contributed by atoms with van der Waals surface area (Å²) in [6, 6.07) is 6.08. The Morgan fingerprint density at radius 2 is 1.50 bits per heavy atom. The van der Waals surface area contributed by atoms with E-state index in [-0.39, 0.29) is 16.7 Å². The minimum Gasteiger partial charge on any atom is -0.339 e. The molecule has 6 nitrogen and oxygen atoms in total. The van der Waals surface area contributed by atoms with Crippen LogP contribution in [-0.2, 0) is 14.6 Å². The summed E-state index contributed by atoms with van der Waals surface area (Å²) in [5, 5.41) is -0.497. The first kappa shape index (κ1) is 18.4. The minimum atomic E-state index is -3.33. The molecular weight excluding hydrogens is 328 g/mol. The Hall–Kier alpha value is -1.89. The predicted molar refractivity (Wildman–Crippen MR) is 91.5 cm³/mol. The molecule has 0 spiro atoms. The van der Waals surface area contributed by atoms with E-state index in [1.807, 2.05) is 6.92 Å². The van der Waals surface area contributed by atoms with Crippen molar-refractivity contribution in [2.24, 2.45) is 0 Å². The molecule has 0 saturated carbocycles. The van der Waals surface area contributed by atoms with Crippen LogP contribution in [0.15, 0.2) is 29.2 Å². The maximum Gasteiger partial charge on any atom is 0.253 e. The number of benzene rings is 1. The predicted octanol–water partition coefficient (Wildman–Crippen LogP) is 1.56. The molecule has 132 valence electrons. The number of carbonyl (C=O) groups excluding carboxylic acids is 2. The molecule has 0 atom stereocenters. The van der Waals surface area contributed by atoms with Gasteiger partial charge in [0.25, 0.3) is 5.91 Å². The first-order valence-electron chi connectivity index (χ1n) is 8.18. The van der Waals surface area contributed by atoms with Crippen LogP contribution in [0.1, 0.15) is 37.6 Å². The zero-order valence-electron chi connectivity index (χ0n) is 14.4. The zero-order chi connectivity index (χ0) is 17.9. The van der Waals surface area contributed by atoms with E-state index in [2.05, 4.69) is 0 Å². The van der Waals surface area contributed by atoms with Crippen LogP contribution in [0.2, 0.25) is 0 Å². The van der Waals surface area contributed by atoms with Crippen molar-refractivity contribution in [2.45, 2.75) is 37.3 Å². The quantitative estimate of drug-likeness (QED) is 0.824. The summed E-state index contributed by atoms with van der Waals surface area (Å²) >= 11 is 0. The number of sulfone groups is 1. The van der Waals surface area contributed by atoms with E-state index in [0.717, 1.165) is 0 Å². The average molecular weight is 352 g/mol. The number of piperazine rings is 1. The van der Waals surface area contributed by atoms with E-state index in [1.165, 1.54) is 12.1 Å². The van der Waals surface area contributed by atoms with E-state index in [1.54, 1.807) is 35.8 Å². The normalized spacial score (nSPS) is 15.7. The molecule has 24 heavy (non-hydrogen) atoms. The average Bonchev–Trinajstić information content (AvgIpc) is 2.60. The number of hydrogen-bond acceptors (Lipinski definition) is 4. The molecule has 0 unspecified atom stereocenters. The van der Waals surface area contributed by atoms with Crippen molar-refractivity contribution in [3.63, 3.8) is 0 Å². The van der Waals surface area contributed by atoms with Crippen molar-refractivity contribution >= 4 is 21.7 Å². The lowest BCUT2D eigenvalue weighted by Crippen LogP contribution is -2.50. The Bertz CT molecular complexity index is 703. The standard InChI is InChI=1S/C17H24N2O4S/c1-4-16(20)18-9-11-19(12-10-18)17(21)14-5-7-15(8-6-14)24(22,23)13(2)3/h5-8,13H,4,9-12H2,1-3H3. The monoisotopic (exact) mass is 352 g/mol. The largest absolute Gasteiger partial charge is 0.339 e. The van der Waals surface area contributed by atoms with Gasteiger partial charge in [-0.05, 0) is 38.1 Å². The zero-order valence-corrected chi connectivity index (χ0v) is 15.2. The van der Waals surface area contributed by atoms with Crippen LogP contribution in [0.25, 0.3) is 0 Å². The lowest BCUT2D eigenvalue weighted by Gasteiger charge is -2.34. The molecule has 1 aliphatic heterocycles. The number of nitrogens with zero attached hydrogens (tertiary/aromatic N) is 2. The van der Waals surface area contributed by atoms with Crippen molar-refractivity contribution in [3.05, 3.63) is 29.8 Å². The summed E-state index contributed by atoms with van der Waals surface area (Å²) < 4.78 is 24.2. The Balaban J connectivity index is 2.05. The Morgan fingerprint density at radius 3 is 1.96 bits per heavy atom. The number of rotatable bonds is 4. The van der Waals surface area contributed by atoms with Gasteiger partial charge in [-0.2, -0.15) is 0 Å². The third-order valence-corrected chi connectivity index (χ3v) is 6.44. The summed E-state index contributed by atoms with van der Waals surface area (Å²) in [6.45, 7) is 7.16. The number of carbonyl (C=O) groups is 2. The molecular formula is C17H24N2O4S. The Labute approximate surface area is 143 Å². The van der Waals surface area contributed by atoms with Crippen LogP contribution < -0.4 is 0 Å². The second-order valence-corrected chi connectivity index (χ2v) is 8.65. The highest BCUT2D eigenvalue weighted by molar-refractivity contribution is 7.92. The smallest absolute Gasteiger partial charge is 0.253 e. The molecule has 1 heterocycles. The van der Waals surface area contributed by atoms with Gasteiger partial charge in [0.05, 0.1) is 10.1 Å². The highest BCUT2D eigenvalue weighted by atomic mass is 32.2. The second kappa shape index (κ2) is 7.34. The highest BCUT2D eigenvalue weighted by Gasteiger charge is 2.25. The van der Waals surface area contributed by atoms with Crippen LogP contribution >= 0.6 is 0 Å².